The maximum absolute atomic E-state index is 5.70. The van der Waals surface area contributed by atoms with Gasteiger partial charge in [-0.1, -0.05) is 69.6 Å². The molecule has 1 N–H and O–H groups in total. The van der Waals surface area contributed by atoms with Crippen LogP contribution in [0.2, 0.25) is 0 Å². The van der Waals surface area contributed by atoms with Crippen molar-refractivity contribution in [3.05, 3.63) is 11.8 Å². The second-order valence-electron chi connectivity index (χ2n) is 2.97. The molecule has 0 bridgehead atoms. The Bertz CT molecular complexity index is 267. The lowest BCUT2D eigenvalue weighted by atomic mass is 10.3. The van der Waals surface area contributed by atoms with Crippen molar-refractivity contribution in [1.29, 1.82) is 0 Å². The van der Waals surface area contributed by atoms with Gasteiger partial charge in [-0.2, -0.15) is 10.5 Å². The molecule has 9 heteroatoms. The Morgan fingerprint density at radius 1 is 1.13 bits per heavy atom. The second-order valence-corrected chi connectivity index (χ2v) is 7.41. The Balaban J connectivity index is 2.85. The van der Waals surface area contributed by atoms with E-state index >= 15 is 0 Å². The second kappa shape index (κ2) is 4.83. The standard InChI is InChI=1S/C6H7Cl6N3/c1-4-2-14(5(7,8)9)13-15(3-4)6(10,11)12/h2,13H,3H2,1H3. The highest BCUT2D eigenvalue weighted by atomic mass is 35.6. The molecule has 0 spiro atoms. The first kappa shape index (κ1) is 14.3. The summed E-state index contributed by atoms with van der Waals surface area (Å²) in [7, 11) is 0. The summed E-state index contributed by atoms with van der Waals surface area (Å²) in [5, 5.41) is 2.54. The number of hydrogen-bond donors (Lipinski definition) is 1. The van der Waals surface area contributed by atoms with Crippen LogP contribution in [-0.4, -0.2) is 24.4 Å². The Hall–Kier alpha value is 1.20. The number of alkyl halides is 6. The Morgan fingerprint density at radius 3 is 2.07 bits per heavy atom. The van der Waals surface area contributed by atoms with E-state index in [9.17, 15) is 0 Å². The summed E-state index contributed by atoms with van der Waals surface area (Å²) in [6.45, 7) is 2.24. The molecule has 88 valence electrons. The van der Waals surface area contributed by atoms with Crippen LogP contribution < -0.4 is 5.53 Å². The normalized spacial score (nSPS) is 20.5. The van der Waals surface area contributed by atoms with Gasteiger partial charge in [-0.25, -0.2) is 0 Å². The van der Waals surface area contributed by atoms with E-state index in [0.29, 0.717) is 6.54 Å². The molecule has 0 saturated heterocycles. The molecule has 1 rings (SSSR count). The lowest BCUT2D eigenvalue weighted by Crippen LogP contribution is -2.59. The molecule has 0 fully saturated rings. The van der Waals surface area contributed by atoms with Gasteiger partial charge in [0.05, 0.1) is 0 Å². The van der Waals surface area contributed by atoms with E-state index in [1.54, 1.807) is 6.20 Å². The molecule has 0 unspecified atom stereocenters. The summed E-state index contributed by atoms with van der Waals surface area (Å²) in [6, 6.07) is 0. The lowest BCUT2D eigenvalue weighted by Gasteiger charge is -2.41. The topological polar surface area (TPSA) is 18.5 Å². The summed E-state index contributed by atoms with van der Waals surface area (Å²) in [5.41, 5.74) is 3.54. The first-order valence-corrected chi connectivity index (χ1v) is 6.01. The van der Waals surface area contributed by atoms with Gasteiger partial charge < -0.3 is 0 Å². The van der Waals surface area contributed by atoms with E-state index < -0.39 is 7.83 Å². The molecule has 0 amide bonds. The van der Waals surface area contributed by atoms with Crippen LogP contribution in [0.4, 0.5) is 0 Å². The average Bonchev–Trinajstić information content (AvgIpc) is 1.99. The van der Waals surface area contributed by atoms with Crippen molar-refractivity contribution in [2.75, 3.05) is 6.54 Å². The van der Waals surface area contributed by atoms with Gasteiger partial charge in [-0.15, -0.1) is 0 Å². The highest BCUT2D eigenvalue weighted by molar-refractivity contribution is 6.67. The Kier molecular flexibility index (Phi) is 4.59. The first-order chi connectivity index (χ1) is 6.60. The van der Waals surface area contributed by atoms with Gasteiger partial charge in [-0.05, 0) is 12.5 Å². The van der Waals surface area contributed by atoms with Crippen molar-refractivity contribution in [1.82, 2.24) is 15.6 Å². The van der Waals surface area contributed by atoms with E-state index in [4.69, 9.17) is 69.6 Å². The Labute approximate surface area is 118 Å². The number of hydrazine groups is 2. The minimum atomic E-state index is -1.66. The zero-order chi connectivity index (χ0) is 11.9. The average molecular weight is 334 g/mol. The summed E-state index contributed by atoms with van der Waals surface area (Å²) in [4.78, 5) is 0. The summed E-state index contributed by atoms with van der Waals surface area (Å²) in [5.74, 6) is 0. The largest absolute Gasteiger partial charge is 0.282 e. The van der Waals surface area contributed by atoms with Crippen molar-refractivity contribution < 1.29 is 0 Å². The van der Waals surface area contributed by atoms with Gasteiger partial charge in [0.2, 0.25) is 0 Å². The molecule has 1 heterocycles. The molecule has 0 aliphatic carbocycles. The lowest BCUT2D eigenvalue weighted by molar-refractivity contribution is 0.0442. The van der Waals surface area contributed by atoms with Gasteiger partial charge in [0.1, 0.15) is 0 Å². The minimum absolute atomic E-state index is 0.410. The predicted molar refractivity (Wildman–Crippen MR) is 66.0 cm³/mol. The molecule has 15 heavy (non-hydrogen) atoms. The summed E-state index contributed by atoms with van der Waals surface area (Å²) < 4.78 is -3.28. The van der Waals surface area contributed by atoms with Crippen molar-refractivity contribution in [2.24, 2.45) is 0 Å². The maximum atomic E-state index is 5.70. The number of nitrogens with zero attached hydrogens (tertiary/aromatic N) is 2. The zero-order valence-corrected chi connectivity index (χ0v) is 12.0. The van der Waals surface area contributed by atoms with E-state index in [2.05, 4.69) is 5.53 Å². The third-order valence-corrected chi connectivity index (χ3v) is 2.72. The zero-order valence-electron chi connectivity index (χ0n) is 7.45. The first-order valence-electron chi connectivity index (χ1n) is 3.74. The van der Waals surface area contributed by atoms with Crippen LogP contribution in [0.3, 0.4) is 0 Å². The number of hydrogen-bond acceptors (Lipinski definition) is 3. The molecule has 0 saturated carbocycles. The van der Waals surface area contributed by atoms with E-state index in [1.165, 1.54) is 10.0 Å². The fourth-order valence-corrected chi connectivity index (χ4v) is 1.53. The van der Waals surface area contributed by atoms with Gasteiger partial charge in [-0.3, -0.25) is 5.01 Å². The number of halogens is 6. The SMILES string of the molecule is CC1=CN(C(Cl)(Cl)Cl)NN(C(Cl)(Cl)Cl)C1. The van der Waals surface area contributed by atoms with E-state index in [0.717, 1.165) is 5.57 Å². The summed E-state index contributed by atoms with van der Waals surface area (Å²) in [6.07, 6.45) is 1.62. The van der Waals surface area contributed by atoms with Crippen LogP contribution in [-0.2, 0) is 0 Å². The van der Waals surface area contributed by atoms with Gasteiger partial charge in [0.25, 0.3) is 7.83 Å². The molecule has 1 aliphatic heterocycles. The molecular formula is C6H7Cl6N3. The molecular weight excluding hydrogens is 327 g/mol. The molecule has 0 radical (unpaired) electrons. The van der Waals surface area contributed by atoms with Crippen molar-refractivity contribution in [3.8, 4) is 0 Å². The maximum Gasteiger partial charge on any atom is 0.282 e. The fraction of sp³-hybridized carbons (Fsp3) is 0.667. The molecule has 3 nitrogen and oxygen atoms in total. The summed E-state index contributed by atoms with van der Waals surface area (Å²) >= 11 is 34.2. The smallest absolute Gasteiger partial charge is 0.254 e. The molecule has 0 aromatic rings. The monoisotopic (exact) mass is 331 g/mol. The van der Waals surface area contributed by atoms with E-state index in [1.807, 2.05) is 6.92 Å². The van der Waals surface area contributed by atoms with Crippen molar-refractivity contribution in [3.63, 3.8) is 0 Å². The Morgan fingerprint density at radius 2 is 1.67 bits per heavy atom. The molecule has 0 aromatic carbocycles. The minimum Gasteiger partial charge on any atom is -0.254 e. The number of nitrogens with one attached hydrogen (secondary N) is 1. The van der Waals surface area contributed by atoms with Gasteiger partial charge in [0.15, 0.2) is 0 Å². The van der Waals surface area contributed by atoms with Gasteiger partial charge in [0, 0.05) is 12.7 Å². The molecule has 1 aliphatic rings. The van der Waals surface area contributed by atoms with Gasteiger partial charge >= 0.3 is 0 Å². The predicted octanol–water partition coefficient (Wildman–Crippen LogP) is 3.58. The van der Waals surface area contributed by atoms with Crippen molar-refractivity contribution in [2.45, 2.75) is 14.8 Å². The van der Waals surface area contributed by atoms with Crippen LogP contribution >= 0.6 is 69.6 Å². The van der Waals surface area contributed by atoms with Crippen LogP contribution in [0, 0.1) is 0 Å². The quantitative estimate of drug-likeness (QED) is 0.540. The van der Waals surface area contributed by atoms with Crippen LogP contribution in [0.5, 0.6) is 0 Å². The molecule has 0 aromatic heterocycles. The third kappa shape index (κ3) is 4.17. The third-order valence-electron chi connectivity index (χ3n) is 1.56. The van der Waals surface area contributed by atoms with Crippen LogP contribution in [0.25, 0.3) is 0 Å². The van der Waals surface area contributed by atoms with Crippen LogP contribution in [0.1, 0.15) is 6.92 Å². The fourth-order valence-electron chi connectivity index (χ4n) is 0.981. The van der Waals surface area contributed by atoms with Crippen LogP contribution in [0.15, 0.2) is 11.8 Å². The highest BCUT2D eigenvalue weighted by Gasteiger charge is 2.38. The number of rotatable bonds is 0. The molecule has 0 atom stereocenters. The highest BCUT2D eigenvalue weighted by Crippen LogP contribution is 2.36. The van der Waals surface area contributed by atoms with E-state index in [-0.39, 0.29) is 0 Å². The van der Waals surface area contributed by atoms with Crippen molar-refractivity contribution >= 4 is 69.6 Å².